The van der Waals surface area contributed by atoms with Crippen LogP contribution >= 0.6 is 0 Å². The molecule has 2 aliphatic heterocycles. The summed E-state index contributed by atoms with van der Waals surface area (Å²) in [5.74, 6) is 1.52. The summed E-state index contributed by atoms with van der Waals surface area (Å²) >= 11 is 0. The number of anilines is 2. The Hall–Kier alpha value is -3.15. The smallest absolute Gasteiger partial charge is 0.404 e. The van der Waals surface area contributed by atoms with Gasteiger partial charge in [0.1, 0.15) is 17.3 Å². The van der Waals surface area contributed by atoms with Crippen molar-refractivity contribution in [3.8, 4) is 0 Å². The molecule has 4 heterocycles. The molecule has 0 aliphatic carbocycles. The van der Waals surface area contributed by atoms with Crippen LogP contribution in [0.2, 0.25) is 0 Å². The van der Waals surface area contributed by atoms with Crippen molar-refractivity contribution in [1.82, 2.24) is 19.9 Å². The Balaban J connectivity index is 1.58. The van der Waals surface area contributed by atoms with Crippen molar-refractivity contribution < 1.29 is 18.1 Å². The van der Waals surface area contributed by atoms with E-state index in [4.69, 9.17) is 10.5 Å². The standard InChI is InChI=1S/C20H24FN7O3S/c1-20(2,11-31-18(22)29)27-17-15-14(5-8-32(15)30)25-19(26-17)28-6-3-12(4-7-28)16-23-9-13(21)10-24-16/h3,9-10H,4-8,11H2,1-2H3,(H2,22,29)(H,25,26,27)/t32-/m0/s1. The first-order valence-electron chi connectivity index (χ1n) is 10.1. The number of amides is 1. The van der Waals surface area contributed by atoms with E-state index in [0.717, 1.165) is 23.7 Å². The molecule has 2 aliphatic rings. The number of aryl methyl sites for hydroxylation is 1. The molecule has 1 amide bonds. The lowest BCUT2D eigenvalue weighted by atomic mass is 10.1. The molecule has 1 atom stereocenters. The zero-order valence-corrected chi connectivity index (χ0v) is 18.6. The number of primary amides is 1. The number of rotatable bonds is 6. The first-order valence-corrected chi connectivity index (χ1v) is 11.5. The monoisotopic (exact) mass is 461 g/mol. The van der Waals surface area contributed by atoms with E-state index in [1.807, 2.05) is 24.8 Å². The number of carbonyl (C=O) groups excluding carboxylic acids is 1. The number of halogens is 1. The van der Waals surface area contributed by atoms with Crippen molar-refractivity contribution in [3.63, 3.8) is 0 Å². The zero-order valence-electron chi connectivity index (χ0n) is 17.8. The number of nitrogens with two attached hydrogens (primary N) is 1. The molecule has 0 fully saturated rings. The van der Waals surface area contributed by atoms with E-state index in [1.165, 1.54) is 0 Å². The maximum atomic E-state index is 13.1. The SMILES string of the molecule is CC(C)(COC(N)=O)Nc1nc(N2CC=C(c3ncc(F)cn3)CC2)nc2c1[S@@](=O)CC2. The fourth-order valence-electron chi connectivity index (χ4n) is 3.55. The van der Waals surface area contributed by atoms with Gasteiger partial charge in [-0.05, 0) is 25.8 Å². The lowest BCUT2D eigenvalue weighted by Gasteiger charge is -2.29. The molecule has 170 valence electrons. The van der Waals surface area contributed by atoms with Crippen LogP contribution in [0, 0.1) is 5.82 Å². The minimum atomic E-state index is -1.20. The summed E-state index contributed by atoms with van der Waals surface area (Å²) < 4.78 is 30.6. The van der Waals surface area contributed by atoms with E-state index in [0.29, 0.717) is 54.2 Å². The van der Waals surface area contributed by atoms with Gasteiger partial charge in [-0.1, -0.05) is 6.08 Å². The Bertz CT molecular complexity index is 1090. The highest BCUT2D eigenvalue weighted by atomic mass is 32.2. The van der Waals surface area contributed by atoms with Crippen LogP contribution in [-0.4, -0.2) is 61.2 Å². The zero-order chi connectivity index (χ0) is 22.9. The minimum Gasteiger partial charge on any atom is -0.447 e. The van der Waals surface area contributed by atoms with Gasteiger partial charge in [-0.15, -0.1) is 0 Å². The van der Waals surface area contributed by atoms with Crippen LogP contribution in [0.3, 0.4) is 0 Å². The molecule has 0 bridgehead atoms. The molecule has 32 heavy (non-hydrogen) atoms. The van der Waals surface area contributed by atoms with Crippen molar-refractivity contribution in [3.05, 3.63) is 35.8 Å². The van der Waals surface area contributed by atoms with Crippen molar-refractivity contribution in [2.45, 2.75) is 37.1 Å². The number of aromatic nitrogens is 4. The fourth-order valence-corrected chi connectivity index (χ4v) is 4.86. The molecule has 2 aromatic heterocycles. The molecule has 0 unspecified atom stereocenters. The molecular formula is C20H24FN7O3S. The second-order valence-corrected chi connectivity index (χ2v) is 9.72. The molecule has 0 aromatic carbocycles. The third-order valence-corrected chi connectivity index (χ3v) is 6.57. The predicted octanol–water partition coefficient (Wildman–Crippen LogP) is 1.65. The maximum Gasteiger partial charge on any atom is 0.404 e. The number of ether oxygens (including phenoxy) is 1. The summed E-state index contributed by atoms with van der Waals surface area (Å²) in [5.41, 5.74) is 6.09. The summed E-state index contributed by atoms with van der Waals surface area (Å²) in [6.07, 6.45) is 4.67. The van der Waals surface area contributed by atoms with Crippen LogP contribution < -0.4 is 16.0 Å². The number of hydrogen-bond acceptors (Lipinski definition) is 9. The van der Waals surface area contributed by atoms with Crippen LogP contribution in [0.4, 0.5) is 21.0 Å². The van der Waals surface area contributed by atoms with Gasteiger partial charge in [0.15, 0.2) is 11.6 Å². The van der Waals surface area contributed by atoms with E-state index >= 15 is 0 Å². The minimum absolute atomic E-state index is 0.0244. The van der Waals surface area contributed by atoms with E-state index in [9.17, 15) is 13.4 Å². The van der Waals surface area contributed by atoms with Crippen LogP contribution in [-0.2, 0) is 22.0 Å². The normalized spacial score (nSPS) is 18.2. The van der Waals surface area contributed by atoms with Gasteiger partial charge in [-0.2, -0.15) is 4.98 Å². The van der Waals surface area contributed by atoms with Crippen LogP contribution in [0.1, 0.15) is 31.8 Å². The van der Waals surface area contributed by atoms with Gasteiger partial charge in [-0.3, -0.25) is 4.21 Å². The average molecular weight is 462 g/mol. The molecule has 10 nitrogen and oxygen atoms in total. The number of carbonyl (C=O) groups is 1. The predicted molar refractivity (Wildman–Crippen MR) is 117 cm³/mol. The van der Waals surface area contributed by atoms with Crippen molar-refractivity contribution >= 4 is 34.2 Å². The van der Waals surface area contributed by atoms with Crippen LogP contribution in [0.15, 0.2) is 23.4 Å². The molecule has 0 radical (unpaired) electrons. The molecule has 0 saturated carbocycles. The molecule has 3 N–H and O–H groups in total. The number of fused-ring (bicyclic) bond motifs is 1. The average Bonchev–Trinajstić information content (AvgIpc) is 3.14. The number of nitrogens with one attached hydrogen (secondary N) is 1. The van der Waals surface area contributed by atoms with Gasteiger partial charge in [0.25, 0.3) is 0 Å². The number of hydrogen-bond donors (Lipinski definition) is 2. The Kier molecular flexibility index (Phi) is 6.04. The molecule has 0 saturated heterocycles. The van der Waals surface area contributed by atoms with Crippen LogP contribution in [0.25, 0.3) is 5.57 Å². The molecule has 12 heteroatoms. The van der Waals surface area contributed by atoms with Crippen molar-refractivity contribution in [2.24, 2.45) is 5.73 Å². The lowest BCUT2D eigenvalue weighted by molar-refractivity contribution is 0.138. The van der Waals surface area contributed by atoms with Crippen molar-refractivity contribution in [1.29, 1.82) is 0 Å². The maximum absolute atomic E-state index is 13.1. The van der Waals surface area contributed by atoms with E-state index < -0.39 is 28.2 Å². The molecule has 0 spiro atoms. The number of nitrogens with zero attached hydrogens (tertiary/aromatic N) is 5. The summed E-state index contributed by atoms with van der Waals surface area (Å²) in [5, 5.41) is 3.25. The van der Waals surface area contributed by atoms with Gasteiger partial charge in [0, 0.05) is 25.3 Å². The van der Waals surface area contributed by atoms with E-state index in [-0.39, 0.29) is 6.61 Å². The Morgan fingerprint density at radius 3 is 2.72 bits per heavy atom. The summed E-state index contributed by atoms with van der Waals surface area (Å²) in [6, 6.07) is 0. The van der Waals surface area contributed by atoms with Gasteiger partial charge in [0.2, 0.25) is 5.95 Å². The molecule has 2 aromatic rings. The van der Waals surface area contributed by atoms with Gasteiger partial charge >= 0.3 is 6.09 Å². The van der Waals surface area contributed by atoms with Gasteiger partial charge in [0.05, 0.1) is 34.4 Å². The Morgan fingerprint density at radius 1 is 1.31 bits per heavy atom. The van der Waals surface area contributed by atoms with Gasteiger partial charge < -0.3 is 20.7 Å². The summed E-state index contributed by atoms with van der Waals surface area (Å²) in [4.78, 5) is 31.0. The van der Waals surface area contributed by atoms with E-state index in [2.05, 4.69) is 25.3 Å². The Labute approximate surface area is 187 Å². The summed E-state index contributed by atoms with van der Waals surface area (Å²) in [6.45, 7) is 4.85. The third-order valence-electron chi connectivity index (χ3n) is 5.11. The van der Waals surface area contributed by atoms with E-state index in [1.54, 1.807) is 0 Å². The van der Waals surface area contributed by atoms with Crippen LogP contribution in [0.5, 0.6) is 0 Å². The lowest BCUT2D eigenvalue weighted by Crippen LogP contribution is -2.39. The molecular weight excluding hydrogens is 437 g/mol. The first kappa shape index (κ1) is 22.1. The first-order chi connectivity index (χ1) is 15.2. The second-order valence-electron chi connectivity index (χ2n) is 8.21. The highest BCUT2D eigenvalue weighted by Gasteiger charge is 2.31. The third kappa shape index (κ3) is 4.85. The highest BCUT2D eigenvalue weighted by Crippen LogP contribution is 2.32. The quantitative estimate of drug-likeness (QED) is 0.658. The van der Waals surface area contributed by atoms with Gasteiger partial charge in [-0.25, -0.2) is 24.1 Å². The molecule has 4 rings (SSSR count). The Morgan fingerprint density at radius 2 is 2.06 bits per heavy atom. The van der Waals surface area contributed by atoms with Crippen molar-refractivity contribution in [2.75, 3.05) is 35.7 Å². The summed E-state index contributed by atoms with van der Waals surface area (Å²) in [7, 11) is -1.20. The fraction of sp³-hybridized carbons (Fsp3) is 0.450. The highest BCUT2D eigenvalue weighted by molar-refractivity contribution is 7.85. The second kappa shape index (κ2) is 8.77. The largest absolute Gasteiger partial charge is 0.447 e. The topological polar surface area (TPSA) is 136 Å².